The standard InChI is InChI=1S/C25H29N5O3S/c1-16-15-34-25(26-16)28-22(31)17-9-12-29(13-10-17)23(32)18-7-8-19-20(14-18)27-21-6-4-2-3-5-11-30(21)24(19)33/h7-8,14-15,17H,2-6,9-13H2,1H3,(H,26,28,31). The fourth-order valence-corrected chi connectivity index (χ4v) is 5.57. The fourth-order valence-electron chi connectivity index (χ4n) is 4.87. The maximum atomic E-state index is 13.2. The van der Waals surface area contributed by atoms with Crippen molar-refractivity contribution >= 4 is 39.2 Å². The van der Waals surface area contributed by atoms with Crippen LogP contribution in [0.15, 0.2) is 28.4 Å². The zero-order valence-corrected chi connectivity index (χ0v) is 20.2. The summed E-state index contributed by atoms with van der Waals surface area (Å²) in [6.07, 6.45) is 6.34. The first-order valence-electron chi connectivity index (χ1n) is 12.1. The van der Waals surface area contributed by atoms with E-state index in [2.05, 4.69) is 10.3 Å². The lowest BCUT2D eigenvalue weighted by Crippen LogP contribution is -2.41. The van der Waals surface area contributed by atoms with Gasteiger partial charge in [-0.2, -0.15) is 0 Å². The van der Waals surface area contributed by atoms with Crippen LogP contribution in [0.25, 0.3) is 10.9 Å². The molecule has 1 saturated heterocycles. The third kappa shape index (κ3) is 4.61. The normalized spacial score (nSPS) is 17.1. The number of hydrogen-bond donors (Lipinski definition) is 1. The molecule has 2 aromatic heterocycles. The van der Waals surface area contributed by atoms with Crippen LogP contribution >= 0.6 is 11.3 Å². The van der Waals surface area contributed by atoms with E-state index in [1.54, 1.807) is 23.1 Å². The number of carbonyl (C=O) groups excluding carboxylic acids is 2. The van der Waals surface area contributed by atoms with Crippen molar-refractivity contribution in [3.05, 3.63) is 51.0 Å². The predicted molar refractivity (Wildman–Crippen MR) is 132 cm³/mol. The summed E-state index contributed by atoms with van der Waals surface area (Å²) in [5.41, 5.74) is 2.01. The molecule has 1 N–H and O–H groups in total. The third-order valence-electron chi connectivity index (χ3n) is 6.82. The van der Waals surface area contributed by atoms with Crippen molar-refractivity contribution in [1.29, 1.82) is 0 Å². The van der Waals surface area contributed by atoms with Crippen molar-refractivity contribution in [3.8, 4) is 0 Å². The molecule has 0 unspecified atom stereocenters. The second-order valence-electron chi connectivity index (χ2n) is 9.23. The summed E-state index contributed by atoms with van der Waals surface area (Å²) in [6, 6.07) is 5.22. The van der Waals surface area contributed by atoms with Crippen molar-refractivity contribution in [2.75, 3.05) is 18.4 Å². The van der Waals surface area contributed by atoms with Crippen molar-refractivity contribution < 1.29 is 9.59 Å². The predicted octanol–water partition coefficient (Wildman–Crippen LogP) is 3.77. The molecule has 34 heavy (non-hydrogen) atoms. The molecule has 3 aromatic rings. The largest absolute Gasteiger partial charge is 0.339 e. The molecule has 1 aromatic carbocycles. The van der Waals surface area contributed by atoms with Gasteiger partial charge in [0.05, 0.1) is 16.6 Å². The van der Waals surface area contributed by atoms with E-state index in [0.717, 1.165) is 43.6 Å². The number of aryl methyl sites for hydroxylation is 2. The van der Waals surface area contributed by atoms with Gasteiger partial charge in [0.15, 0.2) is 5.13 Å². The van der Waals surface area contributed by atoms with Gasteiger partial charge in [-0.3, -0.25) is 19.0 Å². The summed E-state index contributed by atoms with van der Waals surface area (Å²) in [4.78, 5) is 49.7. The van der Waals surface area contributed by atoms with Gasteiger partial charge in [-0.1, -0.05) is 12.8 Å². The van der Waals surface area contributed by atoms with Crippen LogP contribution in [0.5, 0.6) is 0 Å². The Morgan fingerprint density at radius 3 is 2.62 bits per heavy atom. The Kier molecular flexibility index (Phi) is 6.45. The van der Waals surface area contributed by atoms with E-state index in [0.29, 0.717) is 54.1 Å². The van der Waals surface area contributed by atoms with Gasteiger partial charge in [-0.15, -0.1) is 11.3 Å². The van der Waals surface area contributed by atoms with E-state index in [-0.39, 0.29) is 23.3 Å². The second-order valence-corrected chi connectivity index (χ2v) is 10.1. The highest BCUT2D eigenvalue weighted by Crippen LogP contribution is 2.23. The van der Waals surface area contributed by atoms with Crippen molar-refractivity contribution in [2.24, 2.45) is 5.92 Å². The van der Waals surface area contributed by atoms with E-state index in [1.165, 1.54) is 11.3 Å². The molecule has 0 aliphatic carbocycles. The van der Waals surface area contributed by atoms with Gasteiger partial charge < -0.3 is 10.2 Å². The van der Waals surface area contributed by atoms with E-state index < -0.39 is 0 Å². The molecule has 8 nitrogen and oxygen atoms in total. The minimum Gasteiger partial charge on any atom is -0.339 e. The molecular formula is C25H29N5O3S. The average Bonchev–Trinajstić information content (AvgIpc) is 3.24. The lowest BCUT2D eigenvalue weighted by Gasteiger charge is -2.31. The summed E-state index contributed by atoms with van der Waals surface area (Å²) in [7, 11) is 0. The number of nitrogens with zero attached hydrogens (tertiary/aromatic N) is 4. The summed E-state index contributed by atoms with van der Waals surface area (Å²) >= 11 is 1.42. The first-order valence-corrected chi connectivity index (χ1v) is 12.9. The first-order chi connectivity index (χ1) is 16.5. The number of aromatic nitrogens is 3. The minimum absolute atomic E-state index is 0.0110. The molecule has 0 saturated carbocycles. The Bertz CT molecular complexity index is 1290. The number of rotatable bonds is 3. The lowest BCUT2D eigenvalue weighted by atomic mass is 9.95. The Balaban J connectivity index is 1.28. The molecule has 9 heteroatoms. The summed E-state index contributed by atoms with van der Waals surface area (Å²) in [5.74, 6) is 0.577. The number of benzene rings is 1. The molecule has 1 fully saturated rings. The van der Waals surface area contributed by atoms with E-state index in [1.807, 2.05) is 16.9 Å². The molecular weight excluding hydrogens is 450 g/mol. The minimum atomic E-state index is -0.133. The monoisotopic (exact) mass is 479 g/mol. The highest BCUT2D eigenvalue weighted by atomic mass is 32.1. The Morgan fingerprint density at radius 2 is 1.85 bits per heavy atom. The SMILES string of the molecule is Cc1csc(NC(=O)C2CCN(C(=O)c3ccc4c(=O)n5c(nc4c3)CCCCCC5)CC2)n1. The second kappa shape index (κ2) is 9.66. The zero-order valence-electron chi connectivity index (χ0n) is 19.4. The van der Waals surface area contributed by atoms with Crippen LogP contribution in [0.4, 0.5) is 5.13 Å². The number of piperidine rings is 1. The maximum absolute atomic E-state index is 13.2. The molecule has 0 spiro atoms. The van der Waals surface area contributed by atoms with Crippen molar-refractivity contribution in [3.63, 3.8) is 0 Å². The number of fused-ring (bicyclic) bond motifs is 2. The topological polar surface area (TPSA) is 97.2 Å². The van der Waals surface area contributed by atoms with Gasteiger partial charge in [0.2, 0.25) is 5.91 Å². The van der Waals surface area contributed by atoms with E-state index in [4.69, 9.17) is 4.98 Å². The van der Waals surface area contributed by atoms with Gasteiger partial charge in [0.1, 0.15) is 5.82 Å². The van der Waals surface area contributed by atoms with Gasteiger partial charge in [-0.25, -0.2) is 9.97 Å². The molecule has 4 heterocycles. The van der Waals surface area contributed by atoms with Gasteiger partial charge >= 0.3 is 0 Å². The zero-order chi connectivity index (χ0) is 23.7. The molecule has 0 bridgehead atoms. The summed E-state index contributed by atoms with van der Waals surface area (Å²) in [5, 5.41) is 5.98. The van der Waals surface area contributed by atoms with Crippen molar-refractivity contribution in [1.82, 2.24) is 19.4 Å². The number of amides is 2. The van der Waals surface area contributed by atoms with Crippen LogP contribution in [-0.4, -0.2) is 44.3 Å². The average molecular weight is 480 g/mol. The number of likely N-dealkylation sites (tertiary alicyclic amines) is 1. The smallest absolute Gasteiger partial charge is 0.261 e. The van der Waals surface area contributed by atoms with Gasteiger partial charge in [0.25, 0.3) is 11.5 Å². The number of carbonyl (C=O) groups is 2. The van der Waals surface area contributed by atoms with E-state index in [9.17, 15) is 14.4 Å². The first kappa shape index (κ1) is 22.7. The highest BCUT2D eigenvalue weighted by Gasteiger charge is 2.28. The number of anilines is 1. The van der Waals surface area contributed by atoms with Gasteiger partial charge in [-0.05, 0) is 50.8 Å². The molecule has 2 amide bonds. The number of nitrogens with one attached hydrogen (secondary N) is 1. The van der Waals surface area contributed by atoms with Crippen LogP contribution < -0.4 is 10.9 Å². The van der Waals surface area contributed by atoms with Crippen LogP contribution in [0, 0.1) is 12.8 Å². The summed E-state index contributed by atoms with van der Waals surface area (Å²) < 4.78 is 1.81. The van der Waals surface area contributed by atoms with Crippen LogP contribution in [0.1, 0.15) is 60.4 Å². The molecule has 5 rings (SSSR count). The van der Waals surface area contributed by atoms with Crippen LogP contribution in [0.2, 0.25) is 0 Å². The van der Waals surface area contributed by atoms with E-state index >= 15 is 0 Å². The molecule has 2 aliphatic rings. The lowest BCUT2D eigenvalue weighted by molar-refractivity contribution is -0.121. The maximum Gasteiger partial charge on any atom is 0.261 e. The molecule has 2 aliphatic heterocycles. The highest BCUT2D eigenvalue weighted by molar-refractivity contribution is 7.13. The van der Waals surface area contributed by atoms with Crippen LogP contribution in [0.3, 0.4) is 0 Å². The molecule has 178 valence electrons. The third-order valence-corrected chi connectivity index (χ3v) is 7.69. The number of hydrogen-bond acceptors (Lipinski definition) is 6. The quantitative estimate of drug-likeness (QED) is 0.617. The Hall–Kier alpha value is -3.07. The molecule has 0 atom stereocenters. The van der Waals surface area contributed by atoms with Gasteiger partial charge in [0, 0.05) is 42.9 Å². The Morgan fingerprint density at radius 1 is 1.06 bits per heavy atom. The van der Waals surface area contributed by atoms with Crippen molar-refractivity contribution in [2.45, 2.75) is 58.4 Å². The molecule has 0 radical (unpaired) electrons. The van der Waals surface area contributed by atoms with Crippen LogP contribution in [-0.2, 0) is 17.8 Å². The number of thiazole rings is 1. The fraction of sp³-hybridized carbons (Fsp3) is 0.480. The summed E-state index contributed by atoms with van der Waals surface area (Å²) in [6.45, 7) is 3.65. The Labute approximate surface area is 202 Å².